The van der Waals surface area contributed by atoms with E-state index in [0.29, 0.717) is 35.3 Å². The topological polar surface area (TPSA) is 106 Å². The molecular weight excluding hydrogens is 562 g/mol. The predicted molar refractivity (Wildman–Crippen MR) is 156 cm³/mol. The smallest absolute Gasteiger partial charge is 0.459 e. The Balaban J connectivity index is 0.00000256. The molecule has 6 atom stereocenters. The molecule has 6 unspecified atom stereocenters. The zero-order valence-electron chi connectivity index (χ0n) is 23.0. The molecule has 2 aliphatic carbocycles. The van der Waals surface area contributed by atoms with Gasteiger partial charge in [0.15, 0.2) is 0 Å². The Morgan fingerprint density at radius 3 is 1.46 bits per heavy atom. The molecule has 3 aliphatic heterocycles. The normalized spacial score (nSPS) is 34.2. The molecule has 5 heterocycles. The third-order valence-electron chi connectivity index (χ3n) is 9.79. The van der Waals surface area contributed by atoms with Gasteiger partial charge in [-0.2, -0.15) is 0 Å². The Morgan fingerprint density at radius 1 is 0.537 bits per heavy atom. The summed E-state index contributed by atoms with van der Waals surface area (Å²) in [5, 5.41) is 14.4. The van der Waals surface area contributed by atoms with E-state index in [9.17, 15) is 0 Å². The first-order valence-corrected chi connectivity index (χ1v) is 14.9. The van der Waals surface area contributed by atoms with Gasteiger partial charge < -0.3 is 40.6 Å². The number of rotatable bonds is 0. The largest absolute Gasteiger partial charge is 2.00 e. The summed E-state index contributed by atoms with van der Waals surface area (Å²) < 4.78 is 0. The molecule has 41 heavy (non-hydrogen) atoms. The number of amidine groups is 2. The van der Waals surface area contributed by atoms with Crippen LogP contribution in [0.4, 0.5) is 11.6 Å². The first-order chi connectivity index (χ1) is 19.8. The van der Waals surface area contributed by atoms with E-state index in [1.807, 2.05) is 0 Å². The molecule has 9 heteroatoms. The van der Waals surface area contributed by atoms with E-state index in [0.717, 1.165) is 69.9 Å². The van der Waals surface area contributed by atoms with Crippen molar-refractivity contribution in [2.45, 2.75) is 63.7 Å². The van der Waals surface area contributed by atoms with E-state index in [1.165, 1.54) is 25.7 Å². The summed E-state index contributed by atoms with van der Waals surface area (Å²) in [6.45, 7) is 0. The number of aromatic nitrogens is 2. The molecule has 5 aliphatic rings. The predicted octanol–water partition coefficient (Wildman–Crippen LogP) is 5.96. The molecule has 9 rings (SSSR count). The van der Waals surface area contributed by atoms with Gasteiger partial charge in [0.25, 0.3) is 0 Å². The molecule has 2 aromatic carbocycles. The molecule has 2 saturated heterocycles. The van der Waals surface area contributed by atoms with E-state index in [-0.39, 0.29) is 31.8 Å². The van der Waals surface area contributed by atoms with Gasteiger partial charge in [-0.25, -0.2) is 0 Å². The number of benzene rings is 2. The molecule has 4 aromatic rings. The van der Waals surface area contributed by atoms with Crippen LogP contribution in [0.2, 0.25) is 0 Å². The van der Waals surface area contributed by atoms with E-state index in [2.05, 4.69) is 48.5 Å². The minimum Gasteiger partial charge on any atom is -0.459 e. The van der Waals surface area contributed by atoms with E-state index in [4.69, 9.17) is 40.6 Å². The van der Waals surface area contributed by atoms with Gasteiger partial charge in [0.05, 0.1) is 0 Å². The minimum absolute atomic E-state index is 0. The van der Waals surface area contributed by atoms with Crippen molar-refractivity contribution in [1.82, 2.24) is 9.97 Å². The second-order valence-electron chi connectivity index (χ2n) is 12.0. The standard InChI is InChI=1S/C32H30N8.Zn/c1-2-10-18-17(9-1)25-33-26(18)38-28-21-13-5-6-14-22(21)30(35-28)40-32-24-16-8-7-15-23(24)31(36-32)39-29-20-12-4-3-11-19(20)27(34-29)37-25;/h1-2,7-10,15-16,19-22,27-28H,3-6,11-14H2;/q-4;+2. The maximum atomic E-state index is 5.22. The van der Waals surface area contributed by atoms with Crippen LogP contribution in [0.3, 0.4) is 0 Å². The Hall–Kier alpha value is -3.32. The summed E-state index contributed by atoms with van der Waals surface area (Å²) in [6, 6.07) is 16.6. The average molecular weight is 592 g/mol. The number of aliphatic imine (C=N–C) groups is 2. The fourth-order valence-corrected chi connectivity index (χ4v) is 7.82. The van der Waals surface area contributed by atoms with Crippen LogP contribution in [-0.2, 0) is 19.5 Å². The minimum atomic E-state index is -0.188. The zero-order chi connectivity index (χ0) is 26.2. The van der Waals surface area contributed by atoms with Crippen LogP contribution >= 0.6 is 0 Å². The maximum absolute atomic E-state index is 5.22. The van der Waals surface area contributed by atoms with Gasteiger partial charge in [-0.1, -0.05) is 85.9 Å². The molecule has 0 radical (unpaired) electrons. The average Bonchev–Trinajstić information content (AvgIpc) is 3.73. The van der Waals surface area contributed by atoms with Crippen LogP contribution in [0.5, 0.6) is 0 Å². The molecule has 0 N–H and O–H groups in total. The third kappa shape index (κ3) is 4.03. The van der Waals surface area contributed by atoms with Crippen LogP contribution < -0.4 is 20.9 Å². The van der Waals surface area contributed by atoms with Gasteiger partial charge in [-0.05, 0) is 94.9 Å². The summed E-state index contributed by atoms with van der Waals surface area (Å²) in [5.41, 5.74) is 1.49. The van der Waals surface area contributed by atoms with Gasteiger partial charge in [-0.15, -0.1) is 0 Å². The molecule has 0 spiro atoms. The summed E-state index contributed by atoms with van der Waals surface area (Å²) in [4.78, 5) is 30.8. The van der Waals surface area contributed by atoms with Crippen LogP contribution in [0.1, 0.15) is 51.4 Å². The van der Waals surface area contributed by atoms with Crippen molar-refractivity contribution in [2.75, 3.05) is 0 Å². The molecule has 8 nitrogen and oxygen atoms in total. The molecule has 2 saturated carbocycles. The van der Waals surface area contributed by atoms with E-state index in [1.54, 1.807) is 0 Å². The molecule has 8 bridgehead atoms. The molecule has 0 amide bonds. The Labute approximate surface area is 251 Å². The Bertz CT molecular complexity index is 1710. The van der Waals surface area contributed by atoms with Crippen molar-refractivity contribution in [3.8, 4) is 0 Å². The SMILES string of the molecule is [Zn+2].c1ccc2c3[n-]c(c2c1)/N=C1\[N-]C(/N=c2\[n-]/c(c4ccccc24)=N\C2[N-]/C(=N\3)C3CCCCC23)C2CCCCC12. The van der Waals surface area contributed by atoms with Crippen LogP contribution in [0.25, 0.3) is 32.2 Å². The Kier molecular flexibility index (Phi) is 6.13. The first kappa shape index (κ1) is 25.4. The van der Waals surface area contributed by atoms with Gasteiger partial charge in [0.2, 0.25) is 0 Å². The van der Waals surface area contributed by atoms with Crippen molar-refractivity contribution >= 4 is 44.9 Å². The summed E-state index contributed by atoms with van der Waals surface area (Å²) in [5.74, 6) is 4.46. The monoisotopic (exact) mass is 590 g/mol. The van der Waals surface area contributed by atoms with Gasteiger partial charge >= 0.3 is 19.5 Å². The Morgan fingerprint density at radius 2 is 0.976 bits per heavy atom. The molecule has 2 aromatic heterocycles. The quantitative estimate of drug-likeness (QED) is 0.235. The fraction of sp³-hybridized carbons (Fsp3) is 0.438. The zero-order valence-corrected chi connectivity index (χ0v) is 26.0. The number of hydrogen-bond acceptors (Lipinski definition) is 4. The van der Waals surface area contributed by atoms with Crippen molar-refractivity contribution in [3.63, 3.8) is 0 Å². The van der Waals surface area contributed by atoms with E-state index < -0.39 is 0 Å². The summed E-state index contributed by atoms with van der Waals surface area (Å²) >= 11 is 0. The van der Waals surface area contributed by atoms with Gasteiger partial charge in [-0.3, -0.25) is 0 Å². The molecule has 202 valence electrons. The molecular formula is C32H30N8Zn-2. The number of nitrogens with zero attached hydrogens (tertiary/aromatic N) is 8. The van der Waals surface area contributed by atoms with Crippen molar-refractivity contribution in [2.24, 2.45) is 43.6 Å². The summed E-state index contributed by atoms with van der Waals surface area (Å²) in [7, 11) is 0. The van der Waals surface area contributed by atoms with Crippen molar-refractivity contribution < 1.29 is 19.5 Å². The van der Waals surface area contributed by atoms with Crippen molar-refractivity contribution in [3.05, 3.63) is 70.1 Å². The maximum Gasteiger partial charge on any atom is 2.00 e. The second kappa shape index (κ2) is 9.90. The summed E-state index contributed by atoms with van der Waals surface area (Å²) in [6.07, 6.45) is 8.82. The van der Waals surface area contributed by atoms with Crippen LogP contribution in [0, 0.1) is 23.7 Å². The first-order valence-electron chi connectivity index (χ1n) is 14.9. The van der Waals surface area contributed by atoms with Crippen LogP contribution in [0.15, 0.2) is 68.5 Å². The van der Waals surface area contributed by atoms with Crippen molar-refractivity contribution in [1.29, 1.82) is 0 Å². The molecule has 4 fully saturated rings. The fourth-order valence-electron chi connectivity index (χ4n) is 7.82. The number of hydrogen-bond donors (Lipinski definition) is 0. The van der Waals surface area contributed by atoms with E-state index >= 15 is 0 Å². The van der Waals surface area contributed by atoms with Gasteiger partial charge in [0.1, 0.15) is 0 Å². The second-order valence-corrected chi connectivity index (χ2v) is 12.0. The van der Waals surface area contributed by atoms with Crippen LogP contribution in [-0.4, -0.2) is 24.0 Å². The number of fused-ring (bicyclic) bond motifs is 20. The third-order valence-corrected chi connectivity index (χ3v) is 9.79. The van der Waals surface area contributed by atoms with Gasteiger partial charge in [0, 0.05) is 11.0 Å².